The molecule has 84 valence electrons. The lowest BCUT2D eigenvalue weighted by atomic mass is 9.93. The Morgan fingerprint density at radius 1 is 1.60 bits per heavy atom. The summed E-state index contributed by atoms with van der Waals surface area (Å²) < 4.78 is 21.9. The first-order valence-corrected chi connectivity index (χ1v) is 4.67. The zero-order valence-corrected chi connectivity index (χ0v) is 9.04. The lowest BCUT2D eigenvalue weighted by molar-refractivity contribution is 0.0448. The number of nitrogens with zero attached hydrogens (tertiary/aromatic N) is 1. The fourth-order valence-corrected chi connectivity index (χ4v) is 0.878. The normalized spacial score (nSPS) is 11.5. The fraction of sp³-hybridized carbons (Fsp3) is 0.600. The van der Waals surface area contributed by atoms with Crippen molar-refractivity contribution in [2.45, 2.75) is 27.2 Å². The number of ether oxygens (including phenoxy) is 1. The van der Waals surface area contributed by atoms with Crippen molar-refractivity contribution >= 4 is 5.97 Å². The molecule has 0 atom stereocenters. The highest BCUT2D eigenvalue weighted by atomic mass is 19.1. The molecule has 0 saturated carbocycles. The number of esters is 1. The van der Waals surface area contributed by atoms with Crippen LogP contribution < -0.4 is 0 Å². The molecule has 1 heterocycles. The average molecular weight is 215 g/mol. The number of carbonyl (C=O) groups excluding carboxylic acids is 1. The molecule has 0 amide bonds. The second kappa shape index (κ2) is 4.42. The van der Waals surface area contributed by atoms with Gasteiger partial charge in [0.15, 0.2) is 12.1 Å². The molecule has 0 radical (unpaired) electrons. The van der Waals surface area contributed by atoms with Crippen molar-refractivity contribution in [3.05, 3.63) is 17.8 Å². The average Bonchev–Trinajstić information content (AvgIpc) is 2.48. The van der Waals surface area contributed by atoms with Gasteiger partial charge in [-0.2, -0.15) is 0 Å². The van der Waals surface area contributed by atoms with Crippen molar-refractivity contribution in [2.24, 2.45) is 5.41 Å². The van der Waals surface area contributed by atoms with Gasteiger partial charge in [0.2, 0.25) is 5.69 Å². The summed E-state index contributed by atoms with van der Waals surface area (Å²) in [7, 11) is 0. The summed E-state index contributed by atoms with van der Waals surface area (Å²) in [5, 5.41) is 3.21. The topological polar surface area (TPSA) is 52.3 Å². The molecule has 15 heavy (non-hydrogen) atoms. The van der Waals surface area contributed by atoms with Gasteiger partial charge in [0, 0.05) is 0 Å². The lowest BCUT2D eigenvalue weighted by Crippen LogP contribution is -2.14. The minimum Gasteiger partial charge on any atom is -0.461 e. The van der Waals surface area contributed by atoms with Crippen molar-refractivity contribution in [2.75, 3.05) is 6.61 Å². The summed E-state index contributed by atoms with van der Waals surface area (Å²) >= 11 is 0. The van der Waals surface area contributed by atoms with E-state index in [0.717, 1.165) is 6.26 Å². The summed E-state index contributed by atoms with van der Waals surface area (Å²) in [5.41, 5.74) is -0.327. The number of aromatic nitrogens is 1. The number of halogens is 1. The van der Waals surface area contributed by atoms with Gasteiger partial charge in [-0.15, -0.1) is 0 Å². The molecular weight excluding hydrogens is 201 g/mol. The molecule has 1 rings (SSSR count). The monoisotopic (exact) mass is 215 g/mol. The molecule has 0 aliphatic carbocycles. The Hall–Kier alpha value is -1.39. The largest absolute Gasteiger partial charge is 0.461 e. The molecule has 0 aromatic carbocycles. The molecule has 5 heteroatoms. The molecule has 0 unspecified atom stereocenters. The molecule has 0 aliphatic rings. The van der Waals surface area contributed by atoms with Gasteiger partial charge >= 0.3 is 5.97 Å². The smallest absolute Gasteiger partial charge is 0.363 e. The first-order chi connectivity index (χ1) is 6.90. The van der Waals surface area contributed by atoms with Gasteiger partial charge in [0.1, 0.15) is 0 Å². The van der Waals surface area contributed by atoms with Crippen LogP contribution in [0.1, 0.15) is 37.7 Å². The highest BCUT2D eigenvalue weighted by molar-refractivity contribution is 5.87. The Balaban J connectivity index is 2.41. The van der Waals surface area contributed by atoms with Gasteiger partial charge in [-0.05, 0) is 11.8 Å². The van der Waals surface area contributed by atoms with E-state index in [1.54, 1.807) is 0 Å². The van der Waals surface area contributed by atoms with Crippen LogP contribution in [0.15, 0.2) is 10.8 Å². The van der Waals surface area contributed by atoms with Gasteiger partial charge < -0.3 is 9.26 Å². The zero-order valence-electron chi connectivity index (χ0n) is 9.04. The van der Waals surface area contributed by atoms with E-state index in [2.05, 4.69) is 9.68 Å². The van der Waals surface area contributed by atoms with E-state index in [-0.39, 0.29) is 12.0 Å². The second-order valence-corrected chi connectivity index (χ2v) is 4.46. The summed E-state index contributed by atoms with van der Waals surface area (Å²) in [6, 6.07) is 0. The van der Waals surface area contributed by atoms with E-state index in [9.17, 15) is 9.18 Å². The first kappa shape index (κ1) is 11.7. The van der Waals surface area contributed by atoms with Crippen LogP contribution in [0, 0.1) is 11.2 Å². The van der Waals surface area contributed by atoms with Gasteiger partial charge in [-0.1, -0.05) is 25.9 Å². The standard InChI is InChI=1S/C10H14FNO3/c1-10(2,3)4-5-14-9(13)8-7(11)6-15-12-8/h6H,4-5H2,1-3H3. The third-order valence-electron chi connectivity index (χ3n) is 1.80. The van der Waals surface area contributed by atoms with Crippen LogP contribution in [-0.2, 0) is 4.74 Å². The molecule has 1 aromatic rings. The van der Waals surface area contributed by atoms with Gasteiger partial charge in [-0.25, -0.2) is 9.18 Å². The molecule has 0 spiro atoms. The number of carbonyl (C=O) groups is 1. The van der Waals surface area contributed by atoms with Crippen molar-refractivity contribution in [3.63, 3.8) is 0 Å². The van der Waals surface area contributed by atoms with Crippen molar-refractivity contribution in [1.82, 2.24) is 5.16 Å². The Labute approximate surface area is 87.4 Å². The molecule has 0 aliphatic heterocycles. The van der Waals surface area contributed by atoms with Gasteiger partial charge in [0.05, 0.1) is 6.61 Å². The summed E-state index contributed by atoms with van der Waals surface area (Å²) in [5.74, 6) is -1.58. The SMILES string of the molecule is CC(C)(C)CCOC(=O)c1nocc1F. The number of hydrogen-bond donors (Lipinski definition) is 0. The zero-order chi connectivity index (χ0) is 11.5. The predicted octanol–water partition coefficient (Wildman–Crippen LogP) is 2.41. The third-order valence-corrected chi connectivity index (χ3v) is 1.80. The number of hydrogen-bond acceptors (Lipinski definition) is 4. The van der Waals surface area contributed by atoms with E-state index >= 15 is 0 Å². The minimum atomic E-state index is -0.796. The molecule has 0 fully saturated rings. The Morgan fingerprint density at radius 2 is 2.27 bits per heavy atom. The van der Waals surface area contributed by atoms with Crippen molar-refractivity contribution < 1.29 is 18.4 Å². The van der Waals surface area contributed by atoms with Crippen molar-refractivity contribution in [1.29, 1.82) is 0 Å². The van der Waals surface area contributed by atoms with Gasteiger partial charge in [0.25, 0.3) is 0 Å². The van der Waals surface area contributed by atoms with Crippen LogP contribution in [0.4, 0.5) is 4.39 Å². The van der Waals surface area contributed by atoms with E-state index in [1.807, 2.05) is 20.8 Å². The Kier molecular flexibility index (Phi) is 3.44. The van der Waals surface area contributed by atoms with Gasteiger partial charge in [-0.3, -0.25) is 0 Å². The predicted molar refractivity (Wildman–Crippen MR) is 50.8 cm³/mol. The summed E-state index contributed by atoms with van der Waals surface area (Å²) in [4.78, 5) is 11.2. The van der Waals surface area contributed by atoms with E-state index in [4.69, 9.17) is 4.74 Å². The maximum absolute atomic E-state index is 12.8. The lowest BCUT2D eigenvalue weighted by Gasteiger charge is -2.17. The minimum absolute atomic E-state index is 0.0721. The summed E-state index contributed by atoms with van der Waals surface area (Å²) in [6.07, 6.45) is 1.47. The Bertz CT molecular complexity index is 341. The molecule has 0 bridgehead atoms. The van der Waals surface area contributed by atoms with E-state index in [1.165, 1.54) is 0 Å². The van der Waals surface area contributed by atoms with E-state index in [0.29, 0.717) is 6.42 Å². The molecule has 1 aromatic heterocycles. The molecule has 0 N–H and O–H groups in total. The van der Waals surface area contributed by atoms with Crippen molar-refractivity contribution in [3.8, 4) is 0 Å². The second-order valence-electron chi connectivity index (χ2n) is 4.46. The van der Waals surface area contributed by atoms with Crippen LogP contribution in [0.2, 0.25) is 0 Å². The fourth-order valence-electron chi connectivity index (χ4n) is 0.878. The van der Waals surface area contributed by atoms with Crippen LogP contribution in [0.3, 0.4) is 0 Å². The van der Waals surface area contributed by atoms with E-state index < -0.39 is 17.5 Å². The third kappa shape index (κ3) is 3.69. The summed E-state index contributed by atoms with van der Waals surface area (Å²) in [6.45, 7) is 6.32. The maximum Gasteiger partial charge on any atom is 0.363 e. The quantitative estimate of drug-likeness (QED) is 0.726. The van der Waals surface area contributed by atoms with Crippen LogP contribution in [-0.4, -0.2) is 17.7 Å². The highest BCUT2D eigenvalue weighted by Crippen LogP contribution is 2.18. The maximum atomic E-state index is 12.8. The van der Waals surface area contributed by atoms with Crippen LogP contribution in [0.5, 0.6) is 0 Å². The first-order valence-electron chi connectivity index (χ1n) is 4.67. The Morgan fingerprint density at radius 3 is 2.73 bits per heavy atom. The molecular formula is C10H14FNO3. The molecule has 0 saturated heterocycles. The highest BCUT2D eigenvalue weighted by Gasteiger charge is 2.19. The number of rotatable bonds is 3. The van der Waals surface area contributed by atoms with Crippen LogP contribution in [0.25, 0.3) is 0 Å². The molecule has 4 nitrogen and oxygen atoms in total. The van der Waals surface area contributed by atoms with Crippen LogP contribution >= 0.6 is 0 Å².